The van der Waals surface area contributed by atoms with Crippen LogP contribution in [0.5, 0.6) is 0 Å². The third-order valence-electron chi connectivity index (χ3n) is 6.67. The van der Waals surface area contributed by atoms with Crippen LogP contribution in [0.25, 0.3) is 11.1 Å². The number of benzene rings is 2. The highest BCUT2D eigenvalue weighted by atomic mass is 16.6. The summed E-state index contributed by atoms with van der Waals surface area (Å²) in [6, 6.07) is 15.5. The highest BCUT2D eigenvalue weighted by Gasteiger charge is 2.32. The quantitative estimate of drug-likeness (QED) is 0.411. The van der Waals surface area contributed by atoms with Gasteiger partial charge >= 0.3 is 12.1 Å². The van der Waals surface area contributed by atoms with E-state index in [-0.39, 0.29) is 12.5 Å². The molecule has 1 N–H and O–H groups in total. The van der Waals surface area contributed by atoms with Crippen molar-refractivity contribution in [3.05, 3.63) is 59.7 Å². The molecule has 1 fully saturated rings. The number of amides is 2. The third kappa shape index (κ3) is 5.02. The van der Waals surface area contributed by atoms with E-state index in [0.29, 0.717) is 31.8 Å². The van der Waals surface area contributed by atoms with E-state index >= 15 is 0 Å². The van der Waals surface area contributed by atoms with Gasteiger partial charge in [0, 0.05) is 25.6 Å². The molecule has 2 amide bonds. The van der Waals surface area contributed by atoms with Crippen LogP contribution >= 0.6 is 0 Å². The normalized spacial score (nSPS) is 15.3. The minimum Gasteiger partial charge on any atom is -0.480 e. The summed E-state index contributed by atoms with van der Waals surface area (Å²) in [6.45, 7) is 0.772. The van der Waals surface area contributed by atoms with Gasteiger partial charge < -0.3 is 14.7 Å². The summed E-state index contributed by atoms with van der Waals surface area (Å²) in [6.07, 6.45) is 3.94. The molecule has 0 aliphatic heterocycles. The molecule has 0 radical (unpaired) electrons. The highest BCUT2D eigenvalue weighted by Crippen LogP contribution is 2.44. The first-order chi connectivity index (χ1) is 16.0. The number of fused-ring (bicyclic) bond motifs is 3. The number of likely N-dealkylation sites (N-methyl/N-ethyl adjacent to an activating group) is 1. The first-order valence-electron chi connectivity index (χ1n) is 11.5. The second-order valence-electron chi connectivity index (χ2n) is 8.84. The van der Waals surface area contributed by atoms with Gasteiger partial charge in [-0.1, -0.05) is 48.5 Å². The van der Waals surface area contributed by atoms with Crippen LogP contribution in [0.2, 0.25) is 0 Å². The highest BCUT2D eigenvalue weighted by molar-refractivity contribution is 5.81. The zero-order valence-electron chi connectivity index (χ0n) is 18.9. The van der Waals surface area contributed by atoms with Crippen LogP contribution in [0, 0.1) is 0 Å². The lowest BCUT2D eigenvalue weighted by molar-refractivity contribution is -0.142. The summed E-state index contributed by atoms with van der Waals surface area (Å²) in [5.74, 6) is -1.13. The van der Waals surface area contributed by atoms with Crippen molar-refractivity contribution in [3.63, 3.8) is 0 Å². The van der Waals surface area contributed by atoms with Crippen molar-refractivity contribution in [2.45, 2.75) is 50.1 Å². The molecule has 1 saturated carbocycles. The monoisotopic (exact) mass is 450 g/mol. The van der Waals surface area contributed by atoms with Crippen molar-refractivity contribution in [2.24, 2.45) is 0 Å². The molecule has 0 unspecified atom stereocenters. The molecule has 174 valence electrons. The van der Waals surface area contributed by atoms with E-state index in [1.807, 2.05) is 36.4 Å². The minimum absolute atomic E-state index is 0.0743. The largest absolute Gasteiger partial charge is 0.480 e. The molecular weight excluding hydrogens is 420 g/mol. The van der Waals surface area contributed by atoms with E-state index < -0.39 is 18.1 Å². The molecular formula is C26H30N2O5. The van der Waals surface area contributed by atoms with Gasteiger partial charge in [0.1, 0.15) is 12.6 Å². The SMILES string of the molecule is CN(C(=O)OCC1c2ccccc2-c2ccccc21)[C@@H](CCCCN(C=O)C1CC1)C(=O)O. The molecule has 2 aliphatic rings. The number of hydrogen-bond donors (Lipinski definition) is 1. The summed E-state index contributed by atoms with van der Waals surface area (Å²) in [7, 11) is 1.47. The lowest BCUT2D eigenvalue weighted by Gasteiger charge is -2.25. The Bertz CT molecular complexity index is 974. The molecule has 0 spiro atoms. The van der Waals surface area contributed by atoms with Gasteiger partial charge in [0.2, 0.25) is 6.41 Å². The topological polar surface area (TPSA) is 87.2 Å². The van der Waals surface area contributed by atoms with Gasteiger partial charge in [0.25, 0.3) is 0 Å². The van der Waals surface area contributed by atoms with Crippen molar-refractivity contribution < 1.29 is 24.2 Å². The molecule has 2 aromatic carbocycles. The van der Waals surface area contributed by atoms with Gasteiger partial charge in [-0.2, -0.15) is 0 Å². The summed E-state index contributed by atoms with van der Waals surface area (Å²) >= 11 is 0. The molecule has 0 heterocycles. The maximum atomic E-state index is 12.7. The second-order valence-corrected chi connectivity index (χ2v) is 8.84. The second kappa shape index (κ2) is 10.1. The number of carboxylic acid groups (broad SMARTS) is 1. The van der Waals surface area contributed by atoms with Crippen LogP contribution in [0.15, 0.2) is 48.5 Å². The molecule has 0 saturated heterocycles. The van der Waals surface area contributed by atoms with Crippen molar-refractivity contribution in [1.82, 2.24) is 9.80 Å². The molecule has 0 aromatic heterocycles. The maximum Gasteiger partial charge on any atom is 0.410 e. The van der Waals surface area contributed by atoms with Gasteiger partial charge in [-0.3, -0.25) is 9.69 Å². The molecule has 7 heteroatoms. The van der Waals surface area contributed by atoms with Gasteiger partial charge in [-0.15, -0.1) is 0 Å². The predicted molar refractivity (Wildman–Crippen MR) is 124 cm³/mol. The van der Waals surface area contributed by atoms with Crippen LogP contribution in [0.1, 0.15) is 49.1 Å². The Balaban J connectivity index is 1.33. The van der Waals surface area contributed by atoms with E-state index in [1.165, 1.54) is 11.9 Å². The van der Waals surface area contributed by atoms with Gasteiger partial charge in [0.05, 0.1) is 0 Å². The summed E-state index contributed by atoms with van der Waals surface area (Å²) < 4.78 is 5.60. The van der Waals surface area contributed by atoms with Crippen molar-refractivity contribution in [3.8, 4) is 11.1 Å². The fraction of sp³-hybridized carbons (Fsp3) is 0.423. The molecule has 4 rings (SSSR count). The predicted octanol–water partition coefficient (Wildman–Crippen LogP) is 4.11. The summed E-state index contributed by atoms with van der Waals surface area (Å²) in [5.41, 5.74) is 4.50. The van der Waals surface area contributed by atoms with E-state index in [0.717, 1.165) is 41.5 Å². The number of carbonyl (C=O) groups excluding carboxylic acids is 2. The molecule has 33 heavy (non-hydrogen) atoms. The van der Waals surface area contributed by atoms with Crippen LogP contribution in [0.3, 0.4) is 0 Å². The fourth-order valence-corrected chi connectivity index (χ4v) is 4.67. The van der Waals surface area contributed by atoms with Gasteiger partial charge in [0.15, 0.2) is 0 Å². The van der Waals surface area contributed by atoms with Crippen LogP contribution in [0.4, 0.5) is 4.79 Å². The fourth-order valence-electron chi connectivity index (χ4n) is 4.67. The molecule has 2 aromatic rings. The van der Waals surface area contributed by atoms with Crippen LogP contribution < -0.4 is 0 Å². The Kier molecular flexibility index (Phi) is 6.96. The van der Waals surface area contributed by atoms with Crippen molar-refractivity contribution in [1.29, 1.82) is 0 Å². The van der Waals surface area contributed by atoms with Crippen LogP contribution in [-0.2, 0) is 14.3 Å². The lowest BCUT2D eigenvalue weighted by atomic mass is 9.98. The maximum absolute atomic E-state index is 12.7. The Morgan fingerprint density at radius 2 is 1.67 bits per heavy atom. The number of aliphatic carboxylic acids is 1. The first kappa shape index (κ1) is 22.8. The Labute approximate surface area is 193 Å². The first-order valence-corrected chi connectivity index (χ1v) is 11.5. The lowest BCUT2D eigenvalue weighted by Crippen LogP contribution is -2.43. The Hall–Kier alpha value is -3.35. The molecule has 2 aliphatic carbocycles. The minimum atomic E-state index is -1.06. The summed E-state index contributed by atoms with van der Waals surface area (Å²) in [4.78, 5) is 38.6. The number of rotatable bonds is 11. The number of hydrogen-bond acceptors (Lipinski definition) is 4. The Morgan fingerprint density at radius 3 is 2.21 bits per heavy atom. The smallest absolute Gasteiger partial charge is 0.410 e. The number of nitrogens with zero attached hydrogens (tertiary/aromatic N) is 2. The van der Waals surface area contributed by atoms with Crippen molar-refractivity contribution in [2.75, 3.05) is 20.2 Å². The molecule has 7 nitrogen and oxygen atoms in total. The van der Waals surface area contributed by atoms with E-state index in [4.69, 9.17) is 4.74 Å². The third-order valence-corrected chi connectivity index (χ3v) is 6.67. The van der Waals surface area contributed by atoms with E-state index in [1.54, 1.807) is 4.90 Å². The number of ether oxygens (including phenoxy) is 1. The number of carboxylic acids is 1. The molecule has 1 atom stereocenters. The van der Waals surface area contributed by atoms with Gasteiger partial charge in [-0.25, -0.2) is 9.59 Å². The van der Waals surface area contributed by atoms with Crippen molar-refractivity contribution >= 4 is 18.5 Å². The Morgan fingerprint density at radius 1 is 1.06 bits per heavy atom. The molecule has 0 bridgehead atoms. The number of carbonyl (C=O) groups is 3. The van der Waals surface area contributed by atoms with Crippen LogP contribution in [-0.4, -0.2) is 65.7 Å². The zero-order valence-corrected chi connectivity index (χ0v) is 18.9. The van der Waals surface area contributed by atoms with E-state index in [2.05, 4.69) is 12.1 Å². The van der Waals surface area contributed by atoms with E-state index in [9.17, 15) is 19.5 Å². The summed E-state index contributed by atoms with van der Waals surface area (Å²) in [5, 5.41) is 9.67. The standard InChI is InChI=1S/C26H30N2O5/c1-27(24(25(30)31)12-6-7-15-28(17-29)18-13-14-18)26(32)33-16-23-21-10-4-2-8-19(21)20-9-3-5-11-22(20)23/h2-5,8-11,17-18,23-24H,6-7,12-16H2,1H3,(H,30,31)/t24-/m0/s1. The van der Waals surface area contributed by atoms with Gasteiger partial charge in [-0.05, 0) is 54.4 Å². The average molecular weight is 451 g/mol. The number of unbranched alkanes of at least 4 members (excludes halogenated alkanes) is 1. The zero-order chi connectivity index (χ0) is 23.4. The average Bonchev–Trinajstić information content (AvgIpc) is 3.62.